The zero-order chi connectivity index (χ0) is 23.6. The highest BCUT2D eigenvalue weighted by molar-refractivity contribution is 5.93. The van der Waals surface area contributed by atoms with Gasteiger partial charge in [-0.3, -0.25) is 4.79 Å². The van der Waals surface area contributed by atoms with E-state index in [2.05, 4.69) is 20.3 Å². The van der Waals surface area contributed by atoms with Crippen LogP contribution in [0.3, 0.4) is 0 Å². The molecule has 0 saturated carbocycles. The van der Waals surface area contributed by atoms with Crippen molar-refractivity contribution in [1.82, 2.24) is 24.7 Å². The number of carbonyl (C=O) groups is 2. The van der Waals surface area contributed by atoms with Crippen molar-refractivity contribution >= 4 is 17.5 Å². The number of aromatic nitrogens is 4. The van der Waals surface area contributed by atoms with Crippen molar-refractivity contribution in [1.29, 1.82) is 0 Å². The number of H-pyrrole nitrogens is 1. The summed E-state index contributed by atoms with van der Waals surface area (Å²) in [6, 6.07) is 2.19. The van der Waals surface area contributed by atoms with Crippen molar-refractivity contribution in [2.45, 2.75) is 32.7 Å². The maximum absolute atomic E-state index is 13.0. The standard InChI is InChI=1S/C15H14F3N5O.C2HF3O2/c1-8-11(21-9(2)20-8)6-19-14(24)12-7-23-5-3-4-10(13(23)22-12)15(16,17)18;3-2(4,5)1(6)7/h3-5,7H,6H2,1-2H3,(H,19,24)(H,20,21);(H,6,7). The Morgan fingerprint density at radius 3 is 2.26 bits per heavy atom. The van der Waals surface area contributed by atoms with Crippen molar-refractivity contribution in [2.75, 3.05) is 0 Å². The third kappa shape index (κ3) is 5.96. The number of carboxylic acid groups (broad SMARTS) is 1. The number of rotatable bonds is 3. The molecule has 3 rings (SSSR count). The van der Waals surface area contributed by atoms with Crippen LogP contribution in [0.25, 0.3) is 5.65 Å². The molecule has 0 aliphatic carbocycles. The number of amides is 1. The van der Waals surface area contributed by atoms with E-state index in [0.717, 1.165) is 17.6 Å². The molecule has 168 valence electrons. The molecule has 3 aromatic heterocycles. The predicted molar refractivity (Wildman–Crippen MR) is 93.1 cm³/mol. The van der Waals surface area contributed by atoms with Crippen molar-refractivity contribution < 1.29 is 41.0 Å². The number of carboxylic acids is 1. The molecular weight excluding hydrogens is 436 g/mol. The van der Waals surface area contributed by atoms with E-state index in [1.165, 1.54) is 22.9 Å². The van der Waals surface area contributed by atoms with Crippen LogP contribution in [0.2, 0.25) is 0 Å². The zero-order valence-electron chi connectivity index (χ0n) is 15.9. The summed E-state index contributed by atoms with van der Waals surface area (Å²) in [6.45, 7) is 3.77. The van der Waals surface area contributed by atoms with Gasteiger partial charge in [-0.1, -0.05) is 0 Å². The van der Waals surface area contributed by atoms with Crippen LogP contribution in [0.1, 0.15) is 33.3 Å². The van der Waals surface area contributed by atoms with Crippen LogP contribution >= 0.6 is 0 Å². The zero-order valence-corrected chi connectivity index (χ0v) is 15.9. The van der Waals surface area contributed by atoms with Gasteiger partial charge in [0.05, 0.1) is 17.8 Å². The van der Waals surface area contributed by atoms with Crippen LogP contribution in [0, 0.1) is 13.8 Å². The third-order valence-electron chi connectivity index (χ3n) is 3.78. The van der Waals surface area contributed by atoms with Crippen molar-refractivity contribution in [2.24, 2.45) is 0 Å². The Bertz CT molecular complexity index is 1100. The van der Waals surface area contributed by atoms with Gasteiger partial charge in [0.1, 0.15) is 17.2 Å². The molecular formula is C17H15F6N5O3. The lowest BCUT2D eigenvalue weighted by molar-refractivity contribution is -0.192. The highest BCUT2D eigenvalue weighted by Crippen LogP contribution is 2.31. The lowest BCUT2D eigenvalue weighted by atomic mass is 10.2. The summed E-state index contributed by atoms with van der Waals surface area (Å²) in [5.41, 5.74) is 0.212. The van der Waals surface area contributed by atoms with Gasteiger partial charge in [0.15, 0.2) is 0 Å². The minimum Gasteiger partial charge on any atom is -0.475 e. The van der Waals surface area contributed by atoms with E-state index in [0.29, 0.717) is 5.69 Å². The number of aryl methyl sites for hydroxylation is 2. The smallest absolute Gasteiger partial charge is 0.475 e. The second-order valence-corrected chi connectivity index (χ2v) is 6.16. The van der Waals surface area contributed by atoms with Gasteiger partial charge in [0, 0.05) is 18.1 Å². The number of imidazole rings is 2. The summed E-state index contributed by atoms with van der Waals surface area (Å²) in [6.07, 6.45) is -6.94. The third-order valence-corrected chi connectivity index (χ3v) is 3.78. The molecule has 8 nitrogen and oxygen atoms in total. The molecule has 0 unspecified atom stereocenters. The molecule has 3 N–H and O–H groups in total. The van der Waals surface area contributed by atoms with Gasteiger partial charge in [-0.2, -0.15) is 26.3 Å². The topological polar surface area (TPSA) is 112 Å². The fraction of sp³-hybridized carbons (Fsp3) is 0.294. The maximum atomic E-state index is 13.0. The first-order valence-electron chi connectivity index (χ1n) is 8.35. The molecule has 0 saturated heterocycles. The first-order valence-corrected chi connectivity index (χ1v) is 8.35. The minimum absolute atomic E-state index is 0.0865. The second-order valence-electron chi connectivity index (χ2n) is 6.16. The molecule has 3 heterocycles. The number of hydrogen-bond donors (Lipinski definition) is 3. The number of aliphatic carboxylic acids is 1. The highest BCUT2D eigenvalue weighted by Gasteiger charge is 2.38. The second kappa shape index (κ2) is 8.65. The van der Waals surface area contributed by atoms with Crippen LogP contribution in [-0.4, -0.2) is 42.5 Å². The first-order chi connectivity index (χ1) is 14.2. The molecule has 0 spiro atoms. The summed E-state index contributed by atoms with van der Waals surface area (Å²) in [5, 5.41) is 9.74. The van der Waals surface area contributed by atoms with Crippen molar-refractivity contribution in [3.63, 3.8) is 0 Å². The number of carbonyl (C=O) groups excluding carboxylic acids is 1. The molecule has 0 aliphatic heterocycles. The number of fused-ring (bicyclic) bond motifs is 1. The Labute approximate surface area is 169 Å². The summed E-state index contributed by atoms with van der Waals surface area (Å²) in [7, 11) is 0. The average Bonchev–Trinajstić information content (AvgIpc) is 3.20. The molecule has 31 heavy (non-hydrogen) atoms. The molecule has 0 aromatic carbocycles. The van der Waals surface area contributed by atoms with Gasteiger partial charge >= 0.3 is 18.3 Å². The Balaban J connectivity index is 0.000000423. The van der Waals surface area contributed by atoms with Gasteiger partial charge < -0.3 is 19.8 Å². The van der Waals surface area contributed by atoms with Gasteiger partial charge in [0.2, 0.25) is 0 Å². The lowest BCUT2D eigenvalue weighted by Crippen LogP contribution is -2.23. The molecule has 0 atom stereocenters. The Morgan fingerprint density at radius 2 is 1.77 bits per heavy atom. The molecule has 14 heteroatoms. The highest BCUT2D eigenvalue weighted by atomic mass is 19.4. The number of nitrogens with one attached hydrogen (secondary N) is 2. The first kappa shape index (κ1) is 23.7. The van der Waals surface area contributed by atoms with E-state index in [4.69, 9.17) is 9.90 Å². The monoisotopic (exact) mass is 451 g/mol. The Hall–Kier alpha value is -3.58. The molecule has 3 aromatic rings. The number of aromatic amines is 1. The van der Waals surface area contributed by atoms with Crippen molar-refractivity contribution in [3.05, 3.63) is 53.0 Å². The van der Waals surface area contributed by atoms with Crippen LogP contribution in [0.15, 0.2) is 24.5 Å². The van der Waals surface area contributed by atoms with E-state index >= 15 is 0 Å². The van der Waals surface area contributed by atoms with Gasteiger partial charge in [-0.05, 0) is 26.0 Å². The Kier molecular flexibility index (Phi) is 6.61. The van der Waals surface area contributed by atoms with Gasteiger partial charge in [-0.15, -0.1) is 0 Å². The number of halogens is 6. The van der Waals surface area contributed by atoms with Gasteiger partial charge in [0.25, 0.3) is 5.91 Å². The normalized spacial score (nSPS) is 11.7. The van der Waals surface area contributed by atoms with Crippen molar-refractivity contribution in [3.8, 4) is 0 Å². The predicted octanol–water partition coefficient (Wildman–Crippen LogP) is 3.26. The summed E-state index contributed by atoms with van der Waals surface area (Å²) in [4.78, 5) is 32.1. The van der Waals surface area contributed by atoms with E-state index < -0.39 is 29.8 Å². The molecule has 0 radical (unpaired) electrons. The van der Waals surface area contributed by atoms with Crippen LogP contribution in [-0.2, 0) is 17.5 Å². The van der Waals surface area contributed by atoms with E-state index in [1.54, 1.807) is 6.92 Å². The molecule has 1 amide bonds. The SMILES string of the molecule is Cc1nc(CNC(=O)c2cn3cccc(C(F)(F)F)c3n2)c(C)[nH]1.O=C(O)C(F)(F)F. The lowest BCUT2D eigenvalue weighted by Gasteiger charge is -2.06. The molecule has 0 bridgehead atoms. The minimum atomic E-state index is -5.08. The fourth-order valence-corrected chi connectivity index (χ4v) is 2.43. The van der Waals surface area contributed by atoms with Crippen LogP contribution in [0.5, 0.6) is 0 Å². The molecule has 0 fully saturated rings. The van der Waals surface area contributed by atoms with Crippen LogP contribution in [0.4, 0.5) is 26.3 Å². The molecule has 0 aliphatic rings. The van der Waals surface area contributed by atoms with E-state index in [-0.39, 0.29) is 17.9 Å². The number of hydrogen-bond acceptors (Lipinski definition) is 4. The quantitative estimate of drug-likeness (QED) is 0.530. The van der Waals surface area contributed by atoms with Gasteiger partial charge in [-0.25, -0.2) is 14.8 Å². The maximum Gasteiger partial charge on any atom is 0.490 e. The summed E-state index contributed by atoms with van der Waals surface area (Å²) in [5.74, 6) is -2.60. The fourth-order valence-electron chi connectivity index (χ4n) is 2.43. The summed E-state index contributed by atoms with van der Waals surface area (Å²) >= 11 is 0. The van der Waals surface area contributed by atoms with E-state index in [1.807, 2.05) is 6.92 Å². The summed E-state index contributed by atoms with van der Waals surface area (Å²) < 4.78 is 71.9. The number of pyridine rings is 1. The van der Waals surface area contributed by atoms with E-state index in [9.17, 15) is 31.1 Å². The largest absolute Gasteiger partial charge is 0.490 e. The Morgan fingerprint density at radius 1 is 1.16 bits per heavy atom. The average molecular weight is 451 g/mol. The number of nitrogens with zero attached hydrogens (tertiary/aromatic N) is 3. The van der Waals surface area contributed by atoms with Crippen LogP contribution < -0.4 is 5.32 Å². The number of alkyl halides is 6.